The maximum Gasteiger partial charge on any atom is 0.243 e. The van der Waals surface area contributed by atoms with Crippen LogP contribution in [0.4, 0.5) is 5.69 Å². The first kappa shape index (κ1) is 22.8. The molecular weight excluding hydrogens is 438 g/mol. The predicted octanol–water partition coefficient (Wildman–Crippen LogP) is 3.87. The number of ether oxygens (including phenoxy) is 1. The first-order valence-electron chi connectivity index (χ1n) is 10.5. The second-order valence-corrected chi connectivity index (χ2v) is 9.73. The van der Waals surface area contributed by atoms with Gasteiger partial charge in [0.1, 0.15) is 5.75 Å². The Morgan fingerprint density at radius 2 is 1.70 bits per heavy atom. The summed E-state index contributed by atoms with van der Waals surface area (Å²) in [5, 5.41) is 11.8. The average Bonchev–Trinajstić information content (AvgIpc) is 3.15. The molecule has 0 radical (unpaired) electrons. The first-order valence-corrected chi connectivity index (χ1v) is 12.0. The van der Waals surface area contributed by atoms with Gasteiger partial charge in [-0.25, -0.2) is 8.42 Å². The number of hydrogen-bond donors (Lipinski definition) is 3. The van der Waals surface area contributed by atoms with Gasteiger partial charge in [0, 0.05) is 17.6 Å². The van der Waals surface area contributed by atoms with Gasteiger partial charge in [-0.05, 0) is 66.9 Å². The molecule has 0 saturated carbocycles. The van der Waals surface area contributed by atoms with Crippen LogP contribution in [0.2, 0.25) is 0 Å². The van der Waals surface area contributed by atoms with Gasteiger partial charge >= 0.3 is 0 Å². The molecule has 4 N–H and O–H groups in total. The summed E-state index contributed by atoms with van der Waals surface area (Å²) in [5.41, 5.74) is 10.6. The van der Waals surface area contributed by atoms with E-state index in [9.17, 15) is 13.5 Å². The Balaban J connectivity index is 1.82. The SMILES string of the molecule is COc1cccc2c1cc(C(O)NS(=O)(=O)c1cccc(N)c1)n2Cc1c(C)cccc1C. The lowest BCUT2D eigenvalue weighted by Gasteiger charge is -2.19. The minimum absolute atomic E-state index is 0.0171. The molecular formula is C25H27N3O4S. The quantitative estimate of drug-likeness (QED) is 0.284. The highest BCUT2D eigenvalue weighted by Gasteiger charge is 2.24. The molecule has 0 bridgehead atoms. The molecule has 0 aliphatic rings. The second-order valence-electron chi connectivity index (χ2n) is 8.02. The lowest BCUT2D eigenvalue weighted by molar-refractivity contribution is 0.158. The Kier molecular flexibility index (Phi) is 6.16. The fourth-order valence-corrected chi connectivity index (χ4v) is 5.17. The van der Waals surface area contributed by atoms with Gasteiger partial charge in [-0.2, -0.15) is 4.72 Å². The van der Waals surface area contributed by atoms with E-state index in [0.717, 1.165) is 27.6 Å². The molecule has 0 spiro atoms. The third-order valence-electron chi connectivity index (χ3n) is 5.83. The number of sulfonamides is 1. The molecule has 3 aromatic carbocycles. The van der Waals surface area contributed by atoms with Crippen molar-refractivity contribution in [2.24, 2.45) is 0 Å². The van der Waals surface area contributed by atoms with E-state index in [0.29, 0.717) is 23.7 Å². The van der Waals surface area contributed by atoms with Gasteiger partial charge in [0.25, 0.3) is 0 Å². The number of aromatic nitrogens is 1. The van der Waals surface area contributed by atoms with E-state index < -0.39 is 16.3 Å². The van der Waals surface area contributed by atoms with Crippen LogP contribution in [0.3, 0.4) is 0 Å². The molecule has 1 unspecified atom stereocenters. The van der Waals surface area contributed by atoms with Crippen LogP contribution in [0.25, 0.3) is 10.9 Å². The van der Waals surface area contributed by atoms with Gasteiger partial charge in [0.05, 0.1) is 23.2 Å². The van der Waals surface area contributed by atoms with E-state index in [2.05, 4.69) is 4.72 Å². The summed E-state index contributed by atoms with van der Waals surface area (Å²) >= 11 is 0. The van der Waals surface area contributed by atoms with E-state index in [1.54, 1.807) is 25.3 Å². The van der Waals surface area contributed by atoms with Crippen molar-refractivity contribution in [1.29, 1.82) is 0 Å². The normalized spacial score (nSPS) is 12.7. The van der Waals surface area contributed by atoms with Crippen LogP contribution in [0.1, 0.15) is 28.6 Å². The first-order chi connectivity index (χ1) is 15.7. The summed E-state index contributed by atoms with van der Waals surface area (Å²) in [5.74, 6) is 0.639. The molecule has 0 saturated heterocycles. The number of rotatable bonds is 7. The van der Waals surface area contributed by atoms with Crippen molar-refractivity contribution in [3.63, 3.8) is 0 Å². The number of benzene rings is 3. The molecule has 7 nitrogen and oxygen atoms in total. The number of anilines is 1. The summed E-state index contributed by atoms with van der Waals surface area (Å²) < 4.78 is 35.7. The maximum absolute atomic E-state index is 12.9. The monoisotopic (exact) mass is 465 g/mol. The fraction of sp³-hybridized carbons (Fsp3) is 0.200. The fourth-order valence-electron chi connectivity index (χ4n) is 4.07. The van der Waals surface area contributed by atoms with E-state index in [1.165, 1.54) is 12.1 Å². The number of aliphatic hydroxyl groups is 1. The molecule has 0 aliphatic carbocycles. The van der Waals surface area contributed by atoms with E-state index in [-0.39, 0.29) is 4.90 Å². The summed E-state index contributed by atoms with van der Waals surface area (Å²) in [6, 6.07) is 19.4. The lowest BCUT2D eigenvalue weighted by atomic mass is 10.0. The molecule has 1 heterocycles. The number of fused-ring (bicyclic) bond motifs is 1. The van der Waals surface area contributed by atoms with Crippen molar-refractivity contribution in [2.75, 3.05) is 12.8 Å². The Labute approximate surface area is 193 Å². The maximum atomic E-state index is 12.9. The summed E-state index contributed by atoms with van der Waals surface area (Å²) in [6.45, 7) is 4.53. The number of nitrogens with one attached hydrogen (secondary N) is 1. The molecule has 4 aromatic rings. The third-order valence-corrected chi connectivity index (χ3v) is 7.24. The van der Waals surface area contributed by atoms with Crippen LogP contribution < -0.4 is 15.2 Å². The zero-order chi connectivity index (χ0) is 23.8. The summed E-state index contributed by atoms with van der Waals surface area (Å²) in [6.07, 6.45) is -1.49. The van der Waals surface area contributed by atoms with Crippen molar-refractivity contribution in [3.05, 3.63) is 89.1 Å². The molecule has 0 amide bonds. The number of nitrogen functional groups attached to an aromatic ring is 1. The number of nitrogens with zero attached hydrogens (tertiary/aromatic N) is 1. The highest BCUT2D eigenvalue weighted by Crippen LogP contribution is 2.32. The van der Waals surface area contributed by atoms with E-state index in [1.807, 2.05) is 54.8 Å². The van der Waals surface area contributed by atoms with Gasteiger partial charge < -0.3 is 20.1 Å². The van der Waals surface area contributed by atoms with Crippen molar-refractivity contribution in [3.8, 4) is 5.75 Å². The molecule has 1 atom stereocenters. The van der Waals surface area contributed by atoms with Crippen LogP contribution in [-0.2, 0) is 16.6 Å². The largest absolute Gasteiger partial charge is 0.496 e. The Hall–Kier alpha value is -3.33. The van der Waals surface area contributed by atoms with Crippen LogP contribution >= 0.6 is 0 Å². The number of aliphatic hydroxyl groups excluding tert-OH is 1. The smallest absolute Gasteiger partial charge is 0.243 e. The predicted molar refractivity (Wildman–Crippen MR) is 130 cm³/mol. The number of hydrogen-bond acceptors (Lipinski definition) is 5. The molecule has 4 rings (SSSR count). The minimum Gasteiger partial charge on any atom is -0.496 e. The molecule has 8 heteroatoms. The van der Waals surface area contributed by atoms with Crippen molar-refractivity contribution < 1.29 is 18.3 Å². The minimum atomic E-state index is -4.01. The van der Waals surface area contributed by atoms with Crippen LogP contribution in [0, 0.1) is 13.8 Å². The Bertz CT molecular complexity index is 1410. The number of methoxy groups -OCH3 is 1. The van der Waals surface area contributed by atoms with E-state index >= 15 is 0 Å². The van der Waals surface area contributed by atoms with Gasteiger partial charge in [0.2, 0.25) is 10.0 Å². The van der Waals surface area contributed by atoms with Crippen LogP contribution in [-0.4, -0.2) is 25.2 Å². The van der Waals surface area contributed by atoms with Crippen molar-refractivity contribution in [1.82, 2.24) is 9.29 Å². The van der Waals surface area contributed by atoms with Gasteiger partial charge in [-0.3, -0.25) is 0 Å². The number of nitrogens with two attached hydrogens (primary N) is 1. The molecule has 33 heavy (non-hydrogen) atoms. The average molecular weight is 466 g/mol. The third kappa shape index (κ3) is 4.45. The lowest BCUT2D eigenvalue weighted by Crippen LogP contribution is -2.30. The Morgan fingerprint density at radius 3 is 2.36 bits per heavy atom. The summed E-state index contributed by atoms with van der Waals surface area (Å²) in [7, 11) is -2.43. The highest BCUT2D eigenvalue weighted by molar-refractivity contribution is 7.89. The molecule has 0 aliphatic heterocycles. The van der Waals surface area contributed by atoms with Gasteiger partial charge in [0.15, 0.2) is 6.23 Å². The van der Waals surface area contributed by atoms with Crippen molar-refractivity contribution in [2.45, 2.75) is 31.5 Å². The highest BCUT2D eigenvalue weighted by atomic mass is 32.2. The summed E-state index contributed by atoms with van der Waals surface area (Å²) in [4.78, 5) is -0.0171. The van der Waals surface area contributed by atoms with E-state index in [4.69, 9.17) is 10.5 Å². The van der Waals surface area contributed by atoms with Crippen LogP contribution in [0.15, 0.2) is 71.6 Å². The van der Waals surface area contributed by atoms with Gasteiger partial charge in [-0.15, -0.1) is 0 Å². The zero-order valence-corrected chi connectivity index (χ0v) is 19.6. The number of aryl methyl sites for hydroxylation is 2. The van der Waals surface area contributed by atoms with Crippen molar-refractivity contribution >= 4 is 26.6 Å². The second kappa shape index (κ2) is 8.90. The van der Waals surface area contributed by atoms with Gasteiger partial charge in [-0.1, -0.05) is 30.3 Å². The Morgan fingerprint density at radius 1 is 1.03 bits per heavy atom. The molecule has 172 valence electrons. The standard InChI is InChI=1S/C25H27N3O4S/c1-16-7-4-8-17(2)21(16)15-28-22-11-6-12-24(32-3)20(22)14-23(28)25(29)27-33(30,31)19-10-5-9-18(26)13-19/h4-14,25,27,29H,15,26H2,1-3H3. The molecule has 1 aromatic heterocycles. The topological polar surface area (TPSA) is 107 Å². The molecule has 0 fully saturated rings. The van der Waals surface area contributed by atoms with Crippen LogP contribution in [0.5, 0.6) is 5.75 Å². The zero-order valence-electron chi connectivity index (χ0n) is 18.7.